The summed E-state index contributed by atoms with van der Waals surface area (Å²) in [6.07, 6.45) is 1.79. The largest absolute Gasteiger partial charge is 0.506 e. The number of piperazine rings is 1. The van der Waals surface area contributed by atoms with Crippen LogP contribution in [0.4, 0.5) is 5.69 Å². The number of benzene rings is 1. The first-order chi connectivity index (χ1) is 11.6. The number of halogens is 3. The number of aromatic hydroxyl groups is 1. The molecule has 1 aromatic rings. The highest BCUT2D eigenvalue weighted by atomic mass is 79.9. The summed E-state index contributed by atoms with van der Waals surface area (Å²) in [5.41, 5.74) is 0.645. The molecule has 0 unspecified atom stereocenters. The van der Waals surface area contributed by atoms with E-state index in [1.165, 1.54) is 12.1 Å². The molecule has 2 aliphatic heterocycles. The molecule has 0 radical (unpaired) electrons. The first-order valence-electron chi connectivity index (χ1n) is 8.27. The molecular weight excluding hydrogens is 449 g/mol. The van der Waals surface area contributed by atoms with Gasteiger partial charge in [0.1, 0.15) is 5.75 Å². The van der Waals surface area contributed by atoms with Crippen molar-refractivity contribution in [2.24, 2.45) is 5.92 Å². The number of ether oxygens (including phenoxy) is 1. The Balaban J connectivity index is 0.00000169. The van der Waals surface area contributed by atoms with Gasteiger partial charge in [0, 0.05) is 63.1 Å². The molecule has 0 spiro atoms. The lowest BCUT2D eigenvalue weighted by molar-refractivity contribution is -0.385. The molecule has 10 heteroatoms. The fourth-order valence-corrected chi connectivity index (χ4v) is 4.14. The summed E-state index contributed by atoms with van der Waals surface area (Å²) < 4.78 is 5.85. The van der Waals surface area contributed by atoms with Crippen LogP contribution < -0.4 is 5.32 Å². The predicted octanol–water partition coefficient (Wildman–Crippen LogP) is 3.28. The maximum absolute atomic E-state index is 11.3. The lowest BCUT2D eigenvalue weighted by Crippen LogP contribution is -2.47. The summed E-state index contributed by atoms with van der Waals surface area (Å²) >= 11 is 3.27. The van der Waals surface area contributed by atoms with Crippen LogP contribution in [0.25, 0.3) is 0 Å². The molecule has 0 amide bonds. The SMILES string of the molecule is Cl.Cl.O=[N+]([O-])c1cc(Br)c(O)c([C@H](C2CCOCC2)N2CCNCC2)c1. The highest BCUT2D eigenvalue weighted by Crippen LogP contribution is 2.43. The Hall–Kier alpha value is -0.640. The lowest BCUT2D eigenvalue weighted by atomic mass is 9.85. The fourth-order valence-electron chi connectivity index (χ4n) is 3.68. The molecule has 3 rings (SSSR count). The maximum Gasteiger partial charge on any atom is 0.271 e. The molecule has 0 aromatic heterocycles. The van der Waals surface area contributed by atoms with Gasteiger partial charge in [-0.3, -0.25) is 15.0 Å². The minimum Gasteiger partial charge on any atom is -0.506 e. The van der Waals surface area contributed by atoms with Gasteiger partial charge < -0.3 is 15.2 Å². The highest BCUT2D eigenvalue weighted by Gasteiger charge is 2.34. The molecule has 148 valence electrons. The van der Waals surface area contributed by atoms with E-state index in [1.54, 1.807) is 0 Å². The average Bonchev–Trinajstić information content (AvgIpc) is 2.60. The molecule has 1 aromatic carbocycles. The van der Waals surface area contributed by atoms with Gasteiger partial charge in [-0.05, 0) is 34.7 Å². The monoisotopic (exact) mass is 471 g/mol. The Bertz CT molecular complexity index is 593. The van der Waals surface area contributed by atoms with E-state index in [2.05, 4.69) is 26.1 Å². The molecule has 2 heterocycles. The third-order valence-corrected chi connectivity index (χ3v) is 5.47. The number of phenolic OH excluding ortho intramolecular Hbond substituents is 1. The van der Waals surface area contributed by atoms with Crippen molar-refractivity contribution >= 4 is 46.4 Å². The third-order valence-electron chi connectivity index (χ3n) is 4.86. The number of nitro groups is 1. The van der Waals surface area contributed by atoms with Crippen LogP contribution in [0.2, 0.25) is 0 Å². The maximum atomic E-state index is 11.3. The van der Waals surface area contributed by atoms with Gasteiger partial charge >= 0.3 is 0 Å². The van der Waals surface area contributed by atoms with Crippen LogP contribution >= 0.6 is 40.7 Å². The third kappa shape index (κ3) is 5.21. The molecule has 2 aliphatic rings. The van der Waals surface area contributed by atoms with Crippen molar-refractivity contribution in [2.75, 3.05) is 39.4 Å². The highest BCUT2D eigenvalue weighted by molar-refractivity contribution is 9.10. The first-order valence-corrected chi connectivity index (χ1v) is 9.06. The summed E-state index contributed by atoms with van der Waals surface area (Å²) in [6.45, 7) is 4.89. The van der Waals surface area contributed by atoms with Crippen molar-refractivity contribution in [3.05, 3.63) is 32.3 Å². The van der Waals surface area contributed by atoms with E-state index in [-0.39, 0.29) is 42.3 Å². The van der Waals surface area contributed by atoms with Gasteiger partial charge in [-0.1, -0.05) is 0 Å². The van der Waals surface area contributed by atoms with Crippen molar-refractivity contribution in [3.8, 4) is 5.75 Å². The number of rotatable bonds is 4. The van der Waals surface area contributed by atoms with E-state index < -0.39 is 4.92 Å². The number of nitro benzene ring substituents is 1. The molecule has 0 saturated carbocycles. The number of non-ortho nitro benzene ring substituents is 1. The minimum absolute atomic E-state index is 0. The van der Waals surface area contributed by atoms with E-state index in [9.17, 15) is 15.2 Å². The molecule has 2 fully saturated rings. The van der Waals surface area contributed by atoms with Crippen molar-refractivity contribution in [1.29, 1.82) is 0 Å². The number of hydrogen-bond acceptors (Lipinski definition) is 6. The Kier molecular flexibility index (Phi) is 9.57. The second kappa shape index (κ2) is 10.6. The van der Waals surface area contributed by atoms with Crippen LogP contribution in [0.15, 0.2) is 16.6 Å². The second-order valence-electron chi connectivity index (χ2n) is 6.30. The number of nitrogens with one attached hydrogen (secondary N) is 1. The number of nitrogens with zero attached hydrogens (tertiary/aromatic N) is 2. The molecule has 2 N–H and O–H groups in total. The molecule has 0 bridgehead atoms. The van der Waals surface area contributed by atoms with Gasteiger partial charge in [0.2, 0.25) is 0 Å². The van der Waals surface area contributed by atoms with E-state index in [1.807, 2.05) is 0 Å². The van der Waals surface area contributed by atoms with Gasteiger partial charge in [0.15, 0.2) is 0 Å². The van der Waals surface area contributed by atoms with Crippen LogP contribution in [-0.2, 0) is 4.74 Å². The van der Waals surface area contributed by atoms with Gasteiger partial charge in [0.25, 0.3) is 5.69 Å². The van der Waals surface area contributed by atoms with Crippen molar-refractivity contribution < 1.29 is 14.8 Å². The lowest BCUT2D eigenvalue weighted by Gasteiger charge is -2.41. The van der Waals surface area contributed by atoms with E-state index >= 15 is 0 Å². The second-order valence-corrected chi connectivity index (χ2v) is 7.16. The number of hydrogen-bond donors (Lipinski definition) is 2. The average molecular weight is 473 g/mol. The van der Waals surface area contributed by atoms with E-state index in [4.69, 9.17) is 4.74 Å². The van der Waals surface area contributed by atoms with Crippen LogP contribution in [0.3, 0.4) is 0 Å². The Morgan fingerprint density at radius 3 is 2.46 bits per heavy atom. The normalized spacial score (nSPS) is 19.9. The predicted molar refractivity (Wildman–Crippen MR) is 108 cm³/mol. The van der Waals surface area contributed by atoms with Crippen LogP contribution in [0.1, 0.15) is 24.4 Å². The van der Waals surface area contributed by atoms with Gasteiger partial charge in [-0.2, -0.15) is 0 Å². The smallest absolute Gasteiger partial charge is 0.271 e. The van der Waals surface area contributed by atoms with Crippen molar-refractivity contribution in [3.63, 3.8) is 0 Å². The van der Waals surface area contributed by atoms with E-state index in [0.717, 1.165) is 39.0 Å². The van der Waals surface area contributed by atoms with E-state index in [0.29, 0.717) is 29.2 Å². The van der Waals surface area contributed by atoms with Gasteiger partial charge in [-0.15, -0.1) is 24.8 Å². The minimum atomic E-state index is -0.410. The molecule has 1 atom stereocenters. The van der Waals surface area contributed by atoms with Gasteiger partial charge in [-0.25, -0.2) is 0 Å². The summed E-state index contributed by atoms with van der Waals surface area (Å²) in [5, 5.41) is 25.2. The summed E-state index contributed by atoms with van der Waals surface area (Å²) in [5.74, 6) is 0.423. The zero-order valence-corrected chi connectivity index (χ0v) is 17.4. The summed E-state index contributed by atoms with van der Waals surface area (Å²) in [7, 11) is 0. The Morgan fingerprint density at radius 2 is 1.88 bits per heavy atom. The molecule has 2 saturated heterocycles. The molecule has 0 aliphatic carbocycles. The standard InChI is InChI=1S/C16H22BrN3O4.2ClH/c17-14-10-12(20(22)23)9-13(16(14)21)15(11-1-7-24-8-2-11)19-5-3-18-4-6-19;;/h9-11,15,18,21H,1-8H2;2*1H/t15-;;/m0../s1. The summed E-state index contributed by atoms with van der Waals surface area (Å²) in [6, 6.07) is 2.85. The van der Waals surface area contributed by atoms with Crippen molar-refractivity contribution in [2.45, 2.75) is 18.9 Å². The Morgan fingerprint density at radius 1 is 1.27 bits per heavy atom. The van der Waals surface area contributed by atoms with Crippen LogP contribution in [-0.4, -0.2) is 54.3 Å². The molecule has 7 nitrogen and oxygen atoms in total. The van der Waals surface area contributed by atoms with Crippen LogP contribution in [0.5, 0.6) is 5.75 Å². The quantitative estimate of drug-likeness (QED) is 0.516. The molecular formula is C16H24BrCl2N3O4. The zero-order valence-electron chi connectivity index (χ0n) is 14.2. The van der Waals surface area contributed by atoms with Gasteiger partial charge in [0.05, 0.1) is 9.40 Å². The summed E-state index contributed by atoms with van der Waals surface area (Å²) in [4.78, 5) is 13.2. The first kappa shape index (κ1) is 23.4. The fraction of sp³-hybridized carbons (Fsp3) is 0.625. The number of phenols is 1. The topological polar surface area (TPSA) is 87.9 Å². The van der Waals surface area contributed by atoms with Crippen molar-refractivity contribution in [1.82, 2.24) is 10.2 Å². The van der Waals surface area contributed by atoms with Crippen LogP contribution in [0, 0.1) is 16.0 Å². The molecule has 26 heavy (non-hydrogen) atoms. The zero-order chi connectivity index (χ0) is 17.1. The Labute approximate surface area is 173 Å².